The monoisotopic (exact) mass is 475 g/mol. The third-order valence-corrected chi connectivity index (χ3v) is 5.30. The minimum absolute atomic E-state index is 0.0397. The van der Waals surface area contributed by atoms with E-state index in [9.17, 15) is 10.1 Å². The minimum atomic E-state index is -0.595. The summed E-state index contributed by atoms with van der Waals surface area (Å²) in [6.07, 6.45) is 3.26. The van der Waals surface area contributed by atoms with Crippen LogP contribution in [0.3, 0.4) is 0 Å². The summed E-state index contributed by atoms with van der Waals surface area (Å²) in [4.78, 5) is 19.9. The summed E-state index contributed by atoms with van der Waals surface area (Å²) in [5, 5.41) is 12.8. The predicted octanol–water partition coefficient (Wildman–Crippen LogP) is 3.19. The van der Waals surface area contributed by atoms with Gasteiger partial charge in [0.25, 0.3) is 5.91 Å². The maximum Gasteiger partial charge on any atom is 0.255 e. The predicted molar refractivity (Wildman–Crippen MR) is 128 cm³/mol. The highest BCUT2D eigenvalue weighted by atomic mass is 16.5. The number of carbonyl (C=O) groups is 1. The van der Waals surface area contributed by atoms with Gasteiger partial charge in [-0.3, -0.25) is 4.79 Å². The van der Waals surface area contributed by atoms with Gasteiger partial charge in [0.2, 0.25) is 5.95 Å². The molecule has 35 heavy (non-hydrogen) atoms. The first-order chi connectivity index (χ1) is 17.1. The normalized spacial score (nSPS) is 13.5. The van der Waals surface area contributed by atoms with Crippen LogP contribution >= 0.6 is 0 Å². The van der Waals surface area contributed by atoms with Gasteiger partial charge in [-0.25, -0.2) is 9.97 Å². The van der Waals surface area contributed by atoms with Gasteiger partial charge >= 0.3 is 0 Å². The van der Waals surface area contributed by atoms with Crippen LogP contribution in [0, 0.1) is 11.3 Å². The van der Waals surface area contributed by atoms with E-state index >= 15 is 0 Å². The lowest BCUT2D eigenvalue weighted by Crippen LogP contribution is -2.26. The van der Waals surface area contributed by atoms with Crippen LogP contribution in [-0.2, 0) is 9.53 Å². The molecule has 0 unspecified atom stereocenters. The van der Waals surface area contributed by atoms with E-state index in [0.717, 1.165) is 18.4 Å². The summed E-state index contributed by atoms with van der Waals surface area (Å²) in [5.74, 6) is 1.11. The molecule has 1 aromatic heterocycles. The molecule has 0 spiro atoms. The summed E-state index contributed by atoms with van der Waals surface area (Å²) in [6.45, 7) is 1.05. The highest BCUT2D eigenvalue weighted by molar-refractivity contribution is 5.75. The van der Waals surface area contributed by atoms with Crippen molar-refractivity contribution < 1.29 is 23.7 Å². The van der Waals surface area contributed by atoms with Gasteiger partial charge in [0.15, 0.2) is 18.1 Å². The number of hydrogen-bond donors (Lipinski definition) is 2. The topological polar surface area (TPSA) is 142 Å². The molecule has 10 heteroatoms. The quantitative estimate of drug-likeness (QED) is 0.477. The molecule has 2 aromatic carbocycles. The molecule has 0 aliphatic carbocycles. The molecule has 0 radical (unpaired) electrons. The lowest BCUT2D eigenvalue weighted by atomic mass is 10.1. The van der Waals surface area contributed by atoms with Gasteiger partial charge in [-0.15, -0.1) is 0 Å². The van der Waals surface area contributed by atoms with Crippen molar-refractivity contribution in [3.8, 4) is 34.6 Å². The van der Waals surface area contributed by atoms with Crippen molar-refractivity contribution in [1.29, 1.82) is 5.26 Å². The van der Waals surface area contributed by atoms with Crippen molar-refractivity contribution in [2.24, 2.45) is 5.73 Å². The summed E-state index contributed by atoms with van der Waals surface area (Å²) in [6, 6.07) is 14.5. The largest absolute Gasteiger partial charge is 0.493 e. The average molecular weight is 476 g/mol. The zero-order valence-electron chi connectivity index (χ0n) is 19.2. The second-order valence-corrected chi connectivity index (χ2v) is 7.76. The van der Waals surface area contributed by atoms with Crippen molar-refractivity contribution in [2.45, 2.75) is 18.9 Å². The van der Waals surface area contributed by atoms with Gasteiger partial charge in [-0.1, -0.05) is 0 Å². The Morgan fingerprint density at radius 1 is 1.17 bits per heavy atom. The van der Waals surface area contributed by atoms with Crippen molar-refractivity contribution in [1.82, 2.24) is 9.97 Å². The van der Waals surface area contributed by atoms with Crippen LogP contribution in [-0.4, -0.2) is 48.9 Å². The Hall–Kier alpha value is -4.36. The number of amides is 1. The summed E-state index contributed by atoms with van der Waals surface area (Å²) >= 11 is 0. The third kappa shape index (κ3) is 6.16. The highest BCUT2D eigenvalue weighted by Crippen LogP contribution is 2.32. The Balaban J connectivity index is 1.52. The number of nitrogens with one attached hydrogen (secondary N) is 1. The lowest BCUT2D eigenvalue weighted by Gasteiger charge is -2.23. The first kappa shape index (κ1) is 23.8. The Morgan fingerprint density at radius 2 is 1.97 bits per heavy atom. The number of hydrogen-bond acceptors (Lipinski definition) is 9. The van der Waals surface area contributed by atoms with Gasteiger partial charge < -0.3 is 30.0 Å². The van der Waals surface area contributed by atoms with E-state index < -0.39 is 5.91 Å². The first-order valence-corrected chi connectivity index (χ1v) is 11.0. The number of rotatable bonds is 9. The van der Waals surface area contributed by atoms with Crippen molar-refractivity contribution >= 4 is 17.5 Å². The Kier molecular flexibility index (Phi) is 7.60. The number of anilines is 2. The molecular weight excluding hydrogens is 450 g/mol. The lowest BCUT2D eigenvalue weighted by molar-refractivity contribution is -0.119. The fourth-order valence-corrected chi connectivity index (χ4v) is 3.58. The van der Waals surface area contributed by atoms with E-state index in [-0.39, 0.29) is 12.7 Å². The first-order valence-electron chi connectivity index (χ1n) is 11.0. The van der Waals surface area contributed by atoms with Crippen LogP contribution in [0.5, 0.6) is 17.2 Å². The van der Waals surface area contributed by atoms with E-state index in [1.165, 1.54) is 7.11 Å². The molecule has 0 saturated carbocycles. The van der Waals surface area contributed by atoms with Gasteiger partial charge in [0, 0.05) is 36.4 Å². The van der Waals surface area contributed by atoms with Crippen LogP contribution in [0.25, 0.3) is 11.3 Å². The zero-order chi connectivity index (χ0) is 24.6. The second-order valence-electron chi connectivity index (χ2n) is 7.76. The van der Waals surface area contributed by atoms with Crippen LogP contribution in [0.2, 0.25) is 0 Å². The van der Waals surface area contributed by atoms with Crippen LogP contribution in [0.4, 0.5) is 11.6 Å². The molecule has 2 heterocycles. The number of ether oxygens (including phenoxy) is 4. The van der Waals surface area contributed by atoms with Crippen LogP contribution < -0.4 is 25.3 Å². The van der Waals surface area contributed by atoms with Crippen LogP contribution in [0.15, 0.2) is 48.7 Å². The average Bonchev–Trinajstić information content (AvgIpc) is 2.88. The number of nitrogens with two attached hydrogens (primary N) is 1. The van der Waals surface area contributed by atoms with Gasteiger partial charge in [0.05, 0.1) is 31.6 Å². The maximum atomic E-state index is 11.1. The van der Waals surface area contributed by atoms with Crippen molar-refractivity contribution in [2.75, 3.05) is 32.2 Å². The summed E-state index contributed by atoms with van der Waals surface area (Å²) in [5.41, 5.74) is 7.62. The Labute approximate surface area is 202 Å². The molecule has 1 aliphatic rings. The molecule has 3 aromatic rings. The molecule has 0 atom stereocenters. The van der Waals surface area contributed by atoms with E-state index in [1.807, 2.05) is 6.07 Å². The number of carbonyl (C=O) groups excluding carboxylic acids is 1. The minimum Gasteiger partial charge on any atom is -0.493 e. The molecule has 0 bridgehead atoms. The third-order valence-electron chi connectivity index (χ3n) is 5.30. The Bertz CT molecular complexity index is 1240. The van der Waals surface area contributed by atoms with E-state index in [1.54, 1.807) is 42.6 Å². The number of aromatic nitrogens is 2. The van der Waals surface area contributed by atoms with Crippen LogP contribution in [0.1, 0.15) is 18.4 Å². The number of nitriles is 1. The molecule has 1 aliphatic heterocycles. The number of primary amides is 1. The van der Waals surface area contributed by atoms with E-state index in [4.69, 9.17) is 24.7 Å². The molecule has 180 valence electrons. The number of methoxy groups -OCH3 is 1. The van der Waals surface area contributed by atoms with Gasteiger partial charge in [-0.05, 0) is 36.4 Å². The van der Waals surface area contributed by atoms with Gasteiger partial charge in [0.1, 0.15) is 17.9 Å². The second kappa shape index (κ2) is 11.2. The SMILES string of the molecule is COc1ccc(Nc2nccc(-c3ccc(OC4CCOCC4)c(C#N)c3)n2)cc1OCC(N)=O. The summed E-state index contributed by atoms with van der Waals surface area (Å²) < 4.78 is 22.1. The Morgan fingerprint density at radius 3 is 2.71 bits per heavy atom. The van der Waals surface area contributed by atoms with Gasteiger partial charge in [-0.2, -0.15) is 5.26 Å². The van der Waals surface area contributed by atoms with Crippen molar-refractivity contribution in [3.05, 3.63) is 54.2 Å². The molecule has 10 nitrogen and oxygen atoms in total. The van der Waals surface area contributed by atoms with E-state index in [2.05, 4.69) is 21.4 Å². The molecule has 4 rings (SSSR count). The molecule has 1 amide bonds. The zero-order valence-corrected chi connectivity index (χ0v) is 19.2. The molecule has 1 fully saturated rings. The number of benzene rings is 2. The summed E-state index contributed by atoms with van der Waals surface area (Å²) in [7, 11) is 1.50. The van der Waals surface area contributed by atoms with Crippen molar-refractivity contribution in [3.63, 3.8) is 0 Å². The fourth-order valence-electron chi connectivity index (χ4n) is 3.58. The molecular formula is C25H25N5O5. The smallest absolute Gasteiger partial charge is 0.255 e. The maximum absolute atomic E-state index is 11.1. The highest BCUT2D eigenvalue weighted by Gasteiger charge is 2.18. The van der Waals surface area contributed by atoms with E-state index in [0.29, 0.717) is 53.4 Å². The molecule has 3 N–H and O–H groups in total. The molecule has 1 saturated heterocycles. The standard InChI is InChI=1S/C25H25N5O5/c1-32-22-5-3-18(13-23(22)34-15-24(27)31)29-25-28-9-6-20(30-25)16-2-4-21(17(12-16)14-26)35-19-7-10-33-11-8-19/h2-6,9,12-13,19H,7-8,10-11,15H2,1H3,(H2,27,31)(H,28,29,30). The number of nitrogens with zero attached hydrogens (tertiary/aromatic N) is 3. The fraction of sp³-hybridized carbons (Fsp3) is 0.280.